The molecule has 1 aromatic heterocycles. The van der Waals surface area contributed by atoms with Gasteiger partial charge in [0, 0.05) is 6.07 Å². The van der Waals surface area contributed by atoms with Gasteiger partial charge in [0.15, 0.2) is 0 Å². The first-order valence-corrected chi connectivity index (χ1v) is 10.5. The maximum Gasteiger partial charge on any atom is 0.342 e. The Morgan fingerprint density at radius 3 is 2.20 bits per heavy atom. The average molecular weight is 351 g/mol. The summed E-state index contributed by atoms with van der Waals surface area (Å²) in [4.78, 5) is 11.2. The summed E-state index contributed by atoms with van der Waals surface area (Å²) in [5.41, 5.74) is -0.00917. The van der Waals surface area contributed by atoms with E-state index in [-0.39, 0.29) is 5.75 Å². The number of unbranched alkanes of at least 4 members (excludes halogenated alkanes) is 7. The Morgan fingerprint density at radius 2 is 1.64 bits per heavy atom. The molecule has 1 heterocycles. The zero-order valence-electron chi connectivity index (χ0n) is 16.4. The average Bonchev–Trinajstić information content (AvgIpc) is 2.56. The molecular formula is C22H38O3. The second kappa shape index (κ2) is 14.0. The molecule has 1 aromatic rings. The van der Waals surface area contributed by atoms with Crippen molar-refractivity contribution in [2.45, 2.75) is 104 Å². The Kier molecular flexibility index (Phi) is 12.2. The van der Waals surface area contributed by atoms with E-state index in [9.17, 15) is 9.90 Å². The van der Waals surface area contributed by atoms with Crippen molar-refractivity contribution < 1.29 is 9.52 Å². The van der Waals surface area contributed by atoms with Crippen LogP contribution in [-0.2, 0) is 6.42 Å². The van der Waals surface area contributed by atoms with E-state index in [1.807, 2.05) is 0 Å². The molecule has 0 aliphatic heterocycles. The molecule has 0 unspecified atom stereocenters. The van der Waals surface area contributed by atoms with Crippen LogP contribution in [0.4, 0.5) is 0 Å². The first-order chi connectivity index (χ1) is 12.2. The van der Waals surface area contributed by atoms with E-state index in [0.717, 1.165) is 25.2 Å². The standard InChI is InChI=1S/C11H16O3.C11H22/c1-2-3-4-5-6-9-10(12)7-8-14-11(9)13;1-2-3-4-5-6-8-11-9-7-10-11/h7-8,12H,2-6H2,1H3;11H,2-10H2,1H3. The Balaban J connectivity index is 0.000000257. The summed E-state index contributed by atoms with van der Waals surface area (Å²) < 4.78 is 4.68. The molecule has 25 heavy (non-hydrogen) atoms. The van der Waals surface area contributed by atoms with Crippen molar-refractivity contribution in [2.24, 2.45) is 5.92 Å². The maximum absolute atomic E-state index is 11.2. The van der Waals surface area contributed by atoms with Crippen molar-refractivity contribution >= 4 is 0 Å². The molecule has 1 aliphatic carbocycles. The lowest BCUT2D eigenvalue weighted by Crippen LogP contribution is -2.10. The Hall–Kier alpha value is -1.25. The third-order valence-corrected chi connectivity index (χ3v) is 5.18. The van der Waals surface area contributed by atoms with Crippen LogP contribution in [-0.4, -0.2) is 5.11 Å². The quantitative estimate of drug-likeness (QED) is 0.456. The lowest BCUT2D eigenvalue weighted by atomic mass is 9.82. The highest BCUT2D eigenvalue weighted by Gasteiger charge is 2.15. The normalized spacial score (nSPS) is 13.8. The van der Waals surface area contributed by atoms with E-state index >= 15 is 0 Å². The Bertz CT molecular complexity index is 488. The topological polar surface area (TPSA) is 50.4 Å². The van der Waals surface area contributed by atoms with Gasteiger partial charge in [-0.1, -0.05) is 90.9 Å². The van der Waals surface area contributed by atoms with Gasteiger partial charge in [0.25, 0.3) is 0 Å². The summed E-state index contributed by atoms with van der Waals surface area (Å²) >= 11 is 0. The summed E-state index contributed by atoms with van der Waals surface area (Å²) in [6.07, 6.45) is 19.6. The van der Waals surface area contributed by atoms with Crippen molar-refractivity contribution in [3.05, 3.63) is 28.3 Å². The van der Waals surface area contributed by atoms with Gasteiger partial charge in [0.05, 0.1) is 11.8 Å². The smallest absolute Gasteiger partial charge is 0.342 e. The monoisotopic (exact) mass is 350 g/mol. The summed E-state index contributed by atoms with van der Waals surface area (Å²) in [5, 5.41) is 9.39. The first-order valence-electron chi connectivity index (χ1n) is 10.5. The summed E-state index contributed by atoms with van der Waals surface area (Å²) in [5.74, 6) is 1.19. The van der Waals surface area contributed by atoms with E-state index < -0.39 is 5.63 Å². The molecule has 1 N–H and O–H groups in total. The van der Waals surface area contributed by atoms with Gasteiger partial charge < -0.3 is 9.52 Å². The van der Waals surface area contributed by atoms with Crippen molar-refractivity contribution in [1.29, 1.82) is 0 Å². The van der Waals surface area contributed by atoms with E-state index in [4.69, 9.17) is 0 Å². The molecule has 1 saturated carbocycles. The first kappa shape index (κ1) is 21.8. The fraction of sp³-hybridized carbons (Fsp3) is 0.773. The van der Waals surface area contributed by atoms with Gasteiger partial charge in [-0.3, -0.25) is 0 Å². The Morgan fingerprint density at radius 1 is 1.00 bits per heavy atom. The zero-order valence-corrected chi connectivity index (χ0v) is 16.4. The fourth-order valence-electron chi connectivity index (χ4n) is 3.21. The molecule has 3 heteroatoms. The van der Waals surface area contributed by atoms with Crippen LogP contribution >= 0.6 is 0 Å². The van der Waals surface area contributed by atoms with Crippen LogP contribution in [0.15, 0.2) is 21.5 Å². The second-order valence-electron chi connectivity index (χ2n) is 7.38. The summed E-state index contributed by atoms with van der Waals surface area (Å²) in [7, 11) is 0. The largest absolute Gasteiger partial charge is 0.507 e. The van der Waals surface area contributed by atoms with E-state index in [1.165, 1.54) is 76.5 Å². The second-order valence-corrected chi connectivity index (χ2v) is 7.38. The van der Waals surface area contributed by atoms with E-state index in [1.54, 1.807) is 0 Å². The van der Waals surface area contributed by atoms with Crippen LogP contribution in [0.5, 0.6) is 5.75 Å². The predicted molar refractivity (Wildman–Crippen MR) is 105 cm³/mol. The van der Waals surface area contributed by atoms with Crippen molar-refractivity contribution in [1.82, 2.24) is 0 Å². The third kappa shape index (κ3) is 9.72. The third-order valence-electron chi connectivity index (χ3n) is 5.18. The van der Waals surface area contributed by atoms with Crippen LogP contribution in [0.2, 0.25) is 0 Å². The lowest BCUT2D eigenvalue weighted by molar-refractivity contribution is 0.286. The molecule has 0 spiro atoms. The highest BCUT2D eigenvalue weighted by Crippen LogP contribution is 2.31. The molecule has 0 amide bonds. The fourth-order valence-corrected chi connectivity index (χ4v) is 3.21. The van der Waals surface area contributed by atoms with Crippen LogP contribution in [0.25, 0.3) is 0 Å². The van der Waals surface area contributed by atoms with Gasteiger partial charge >= 0.3 is 5.63 Å². The van der Waals surface area contributed by atoms with Crippen LogP contribution < -0.4 is 5.63 Å². The molecular weight excluding hydrogens is 312 g/mol. The van der Waals surface area contributed by atoms with Gasteiger partial charge in [0.1, 0.15) is 5.75 Å². The van der Waals surface area contributed by atoms with Crippen LogP contribution in [0.1, 0.15) is 103 Å². The highest BCUT2D eigenvalue weighted by atomic mass is 16.4. The minimum absolute atomic E-state index is 0.0535. The minimum atomic E-state index is -0.415. The lowest BCUT2D eigenvalue weighted by Gasteiger charge is -2.24. The van der Waals surface area contributed by atoms with E-state index in [2.05, 4.69) is 18.3 Å². The van der Waals surface area contributed by atoms with Crippen molar-refractivity contribution in [2.75, 3.05) is 0 Å². The molecule has 3 nitrogen and oxygen atoms in total. The number of rotatable bonds is 11. The highest BCUT2D eigenvalue weighted by molar-refractivity contribution is 5.26. The molecule has 1 fully saturated rings. The van der Waals surface area contributed by atoms with Crippen LogP contribution in [0, 0.1) is 5.92 Å². The van der Waals surface area contributed by atoms with Gasteiger partial charge in [0.2, 0.25) is 0 Å². The van der Waals surface area contributed by atoms with Gasteiger partial charge in [-0.15, -0.1) is 0 Å². The van der Waals surface area contributed by atoms with Crippen LogP contribution in [0.3, 0.4) is 0 Å². The molecule has 0 radical (unpaired) electrons. The van der Waals surface area contributed by atoms with Gasteiger partial charge in [-0.25, -0.2) is 4.79 Å². The Labute approximate surface area is 153 Å². The molecule has 144 valence electrons. The molecule has 2 rings (SSSR count). The molecule has 0 bridgehead atoms. The molecule has 0 aromatic carbocycles. The molecule has 0 atom stereocenters. The predicted octanol–water partition coefficient (Wildman–Crippen LogP) is 6.62. The van der Waals surface area contributed by atoms with Crippen molar-refractivity contribution in [3.8, 4) is 5.75 Å². The van der Waals surface area contributed by atoms with Gasteiger partial charge in [-0.05, 0) is 18.8 Å². The van der Waals surface area contributed by atoms with E-state index in [0.29, 0.717) is 12.0 Å². The number of aromatic hydroxyl groups is 1. The minimum Gasteiger partial charge on any atom is -0.507 e. The molecule has 0 saturated heterocycles. The van der Waals surface area contributed by atoms with Crippen molar-refractivity contribution in [3.63, 3.8) is 0 Å². The summed E-state index contributed by atoms with van der Waals surface area (Å²) in [6.45, 7) is 4.42. The summed E-state index contributed by atoms with van der Waals surface area (Å²) in [6, 6.07) is 1.41. The zero-order chi connectivity index (χ0) is 18.3. The maximum atomic E-state index is 11.2. The number of hydrogen-bond acceptors (Lipinski definition) is 3. The number of hydrogen-bond donors (Lipinski definition) is 1. The van der Waals surface area contributed by atoms with Gasteiger partial charge in [-0.2, -0.15) is 0 Å². The SMILES string of the molecule is CCCCCCCC1CCC1.CCCCCCc1c(O)ccoc1=O. The molecule has 1 aliphatic rings.